The van der Waals surface area contributed by atoms with Gasteiger partial charge in [0.2, 0.25) is 0 Å². The average Bonchev–Trinajstić information content (AvgIpc) is 3.20. The number of fused-ring (bicyclic) bond motifs is 1. The van der Waals surface area contributed by atoms with Gasteiger partial charge < -0.3 is 15.0 Å². The number of aromatic nitrogens is 1. The van der Waals surface area contributed by atoms with E-state index in [1.165, 1.54) is 12.1 Å². The zero-order valence-electron chi connectivity index (χ0n) is 22.7. The molecule has 9 heteroatoms. The van der Waals surface area contributed by atoms with Crippen molar-refractivity contribution in [3.63, 3.8) is 0 Å². The SMILES string of the molecule is Cc1c(C)n(Cc2ccc(-c3ccccc3C(=O)O)cc2)c2ccc(C(=O)NCc3ccc(Cl)c(C(F)(F)F)c3)cc12. The number of hydrogen-bond donors (Lipinski definition) is 2. The lowest BCUT2D eigenvalue weighted by atomic mass is 9.99. The van der Waals surface area contributed by atoms with Gasteiger partial charge in [-0.2, -0.15) is 13.2 Å². The van der Waals surface area contributed by atoms with Crippen molar-refractivity contribution in [3.8, 4) is 11.1 Å². The van der Waals surface area contributed by atoms with Crippen LogP contribution in [0.1, 0.15) is 48.7 Å². The Bertz CT molecular complexity index is 1830. The summed E-state index contributed by atoms with van der Waals surface area (Å²) in [6.07, 6.45) is -4.58. The van der Waals surface area contributed by atoms with E-state index in [9.17, 15) is 27.9 Å². The highest BCUT2D eigenvalue weighted by Gasteiger charge is 2.33. The van der Waals surface area contributed by atoms with Gasteiger partial charge in [0.15, 0.2) is 0 Å². The maximum Gasteiger partial charge on any atom is 0.417 e. The van der Waals surface area contributed by atoms with Crippen LogP contribution in [0, 0.1) is 13.8 Å². The third kappa shape index (κ3) is 5.76. The highest BCUT2D eigenvalue weighted by molar-refractivity contribution is 6.31. The summed E-state index contributed by atoms with van der Waals surface area (Å²) in [5.41, 5.74) is 5.46. The molecule has 214 valence electrons. The summed E-state index contributed by atoms with van der Waals surface area (Å²) in [6, 6.07) is 23.6. The number of aromatic carboxylic acids is 1. The Morgan fingerprint density at radius 1 is 0.905 bits per heavy atom. The quantitative estimate of drug-likeness (QED) is 0.200. The Hall–Kier alpha value is -4.56. The lowest BCUT2D eigenvalue weighted by molar-refractivity contribution is -0.137. The molecule has 5 aromatic rings. The summed E-state index contributed by atoms with van der Waals surface area (Å²) in [5, 5.41) is 12.7. The molecule has 1 heterocycles. The van der Waals surface area contributed by atoms with Gasteiger partial charge in [0.25, 0.3) is 5.91 Å². The number of benzene rings is 4. The van der Waals surface area contributed by atoms with Crippen LogP contribution in [0.15, 0.2) is 84.9 Å². The molecule has 0 radical (unpaired) electrons. The lowest BCUT2D eigenvalue weighted by Crippen LogP contribution is -2.23. The van der Waals surface area contributed by atoms with Gasteiger partial charge in [-0.05, 0) is 78.1 Å². The predicted molar refractivity (Wildman–Crippen MR) is 157 cm³/mol. The molecule has 1 amide bonds. The van der Waals surface area contributed by atoms with Gasteiger partial charge in [-0.1, -0.05) is 60.1 Å². The number of alkyl halides is 3. The first-order valence-corrected chi connectivity index (χ1v) is 13.5. The molecule has 2 N–H and O–H groups in total. The van der Waals surface area contributed by atoms with Gasteiger partial charge in [-0.15, -0.1) is 0 Å². The third-order valence-electron chi connectivity index (χ3n) is 7.45. The van der Waals surface area contributed by atoms with Crippen molar-refractivity contribution in [3.05, 3.63) is 129 Å². The zero-order valence-corrected chi connectivity index (χ0v) is 23.5. The number of hydrogen-bond acceptors (Lipinski definition) is 2. The number of nitrogens with zero attached hydrogens (tertiary/aromatic N) is 1. The summed E-state index contributed by atoms with van der Waals surface area (Å²) in [7, 11) is 0. The van der Waals surface area contributed by atoms with E-state index in [0.29, 0.717) is 17.7 Å². The van der Waals surface area contributed by atoms with Gasteiger partial charge in [0.05, 0.1) is 16.1 Å². The van der Waals surface area contributed by atoms with Crippen LogP contribution in [-0.4, -0.2) is 21.6 Å². The molecule has 0 unspecified atom stereocenters. The van der Waals surface area contributed by atoms with Crippen molar-refractivity contribution < 1.29 is 27.9 Å². The molecule has 0 fully saturated rings. The van der Waals surface area contributed by atoms with Crippen LogP contribution in [0.3, 0.4) is 0 Å². The Morgan fingerprint density at radius 3 is 2.29 bits per heavy atom. The number of carboxylic acid groups (broad SMARTS) is 1. The molecule has 42 heavy (non-hydrogen) atoms. The first-order chi connectivity index (χ1) is 19.9. The van der Waals surface area contributed by atoms with Crippen molar-refractivity contribution in [2.45, 2.75) is 33.1 Å². The molecule has 1 aromatic heterocycles. The van der Waals surface area contributed by atoms with Crippen LogP contribution < -0.4 is 5.32 Å². The molecule has 5 nitrogen and oxygen atoms in total. The van der Waals surface area contributed by atoms with Crippen molar-refractivity contribution in [2.75, 3.05) is 0 Å². The maximum absolute atomic E-state index is 13.2. The molecule has 0 bridgehead atoms. The molecule has 4 aromatic carbocycles. The van der Waals surface area contributed by atoms with E-state index in [-0.39, 0.29) is 17.7 Å². The Labute approximate surface area is 245 Å². The summed E-state index contributed by atoms with van der Waals surface area (Å²) in [5.74, 6) is -1.38. The molecule has 0 aliphatic carbocycles. The predicted octanol–water partition coefficient (Wildman–Crippen LogP) is 8.27. The van der Waals surface area contributed by atoms with Crippen LogP contribution in [0.5, 0.6) is 0 Å². The molecule has 0 saturated heterocycles. The topological polar surface area (TPSA) is 71.3 Å². The van der Waals surface area contributed by atoms with E-state index in [1.807, 2.05) is 50.2 Å². The third-order valence-corrected chi connectivity index (χ3v) is 7.78. The highest BCUT2D eigenvalue weighted by atomic mass is 35.5. The summed E-state index contributed by atoms with van der Waals surface area (Å²) < 4.78 is 41.7. The maximum atomic E-state index is 13.2. The molecule has 5 rings (SSSR count). The molecular formula is C33H26ClF3N2O3. The molecule has 0 saturated carbocycles. The lowest BCUT2D eigenvalue weighted by Gasteiger charge is -2.12. The first-order valence-electron chi connectivity index (χ1n) is 13.1. The Balaban J connectivity index is 1.35. The van der Waals surface area contributed by atoms with Crippen molar-refractivity contribution >= 4 is 34.4 Å². The van der Waals surface area contributed by atoms with Crippen LogP contribution >= 0.6 is 11.6 Å². The number of halogens is 4. The van der Waals surface area contributed by atoms with Crippen LogP contribution in [0.4, 0.5) is 13.2 Å². The van der Waals surface area contributed by atoms with Gasteiger partial charge in [0.1, 0.15) is 0 Å². The Kier molecular flexibility index (Phi) is 7.84. The fourth-order valence-corrected chi connectivity index (χ4v) is 5.30. The van der Waals surface area contributed by atoms with Crippen LogP contribution in [0.25, 0.3) is 22.0 Å². The van der Waals surface area contributed by atoms with Crippen LogP contribution in [-0.2, 0) is 19.3 Å². The van der Waals surface area contributed by atoms with Crippen molar-refractivity contribution in [1.82, 2.24) is 9.88 Å². The molecule has 0 aliphatic heterocycles. The first kappa shape index (κ1) is 29.0. The average molecular weight is 591 g/mol. The standard InChI is InChI=1S/C33H26ClF3N2O3/c1-19-20(2)39(18-21-7-10-23(11-8-21)25-5-3-4-6-26(25)32(41)42)30-14-12-24(16-27(19)30)31(40)38-17-22-9-13-29(34)28(15-22)33(35,36)37/h3-16H,17-18H2,1-2H3,(H,38,40)(H,41,42). The van der Waals surface area contributed by atoms with Gasteiger partial charge in [0, 0.05) is 35.2 Å². The van der Waals surface area contributed by atoms with Crippen molar-refractivity contribution in [1.29, 1.82) is 0 Å². The number of carboxylic acids is 1. The number of nitrogens with one attached hydrogen (secondary N) is 1. The second-order valence-electron chi connectivity index (χ2n) is 10.1. The molecule has 0 atom stereocenters. The molecule has 0 spiro atoms. The Morgan fingerprint density at radius 2 is 1.60 bits per heavy atom. The number of aryl methyl sites for hydroxylation is 1. The van der Waals surface area contributed by atoms with E-state index < -0.39 is 28.6 Å². The molecular weight excluding hydrogens is 565 g/mol. The summed E-state index contributed by atoms with van der Waals surface area (Å²) in [6.45, 7) is 4.48. The smallest absolute Gasteiger partial charge is 0.417 e. The monoisotopic (exact) mass is 590 g/mol. The minimum Gasteiger partial charge on any atom is -0.478 e. The fourth-order valence-electron chi connectivity index (χ4n) is 5.07. The fraction of sp³-hybridized carbons (Fsp3) is 0.152. The normalized spacial score (nSPS) is 11.6. The second kappa shape index (κ2) is 11.4. The number of rotatable bonds is 7. The second-order valence-corrected chi connectivity index (χ2v) is 10.5. The number of carbonyl (C=O) groups is 2. The number of carbonyl (C=O) groups excluding carboxylic acids is 1. The van der Waals surface area contributed by atoms with Crippen LogP contribution in [0.2, 0.25) is 5.02 Å². The van der Waals surface area contributed by atoms with E-state index in [4.69, 9.17) is 11.6 Å². The van der Waals surface area contributed by atoms with E-state index in [1.54, 1.807) is 30.3 Å². The van der Waals surface area contributed by atoms with E-state index in [2.05, 4.69) is 9.88 Å². The largest absolute Gasteiger partial charge is 0.478 e. The van der Waals surface area contributed by atoms with Gasteiger partial charge in [-0.3, -0.25) is 4.79 Å². The van der Waals surface area contributed by atoms with Gasteiger partial charge >= 0.3 is 12.1 Å². The summed E-state index contributed by atoms with van der Waals surface area (Å²) in [4.78, 5) is 24.5. The number of amides is 1. The summed E-state index contributed by atoms with van der Waals surface area (Å²) >= 11 is 5.69. The molecule has 0 aliphatic rings. The van der Waals surface area contributed by atoms with Crippen molar-refractivity contribution in [2.24, 2.45) is 0 Å². The van der Waals surface area contributed by atoms with E-state index >= 15 is 0 Å². The minimum absolute atomic E-state index is 0.0803. The zero-order chi connectivity index (χ0) is 30.2. The van der Waals surface area contributed by atoms with E-state index in [0.717, 1.165) is 39.4 Å². The minimum atomic E-state index is -4.58. The highest BCUT2D eigenvalue weighted by Crippen LogP contribution is 2.35. The van der Waals surface area contributed by atoms with Gasteiger partial charge in [-0.25, -0.2) is 4.79 Å².